The molecule has 1 aromatic heterocycles. The first-order valence-corrected chi connectivity index (χ1v) is 5.07. The van der Waals surface area contributed by atoms with Crippen LogP contribution in [-0.2, 0) is 4.79 Å². The van der Waals surface area contributed by atoms with Gasteiger partial charge in [-0.1, -0.05) is 36.3 Å². The topological polar surface area (TPSA) is 39.4 Å². The van der Waals surface area contributed by atoms with Gasteiger partial charge in [0.1, 0.15) is 5.92 Å². The van der Waals surface area contributed by atoms with Crippen LogP contribution in [0.4, 0.5) is 0 Å². The van der Waals surface area contributed by atoms with Crippen LogP contribution >= 0.6 is 0 Å². The summed E-state index contributed by atoms with van der Waals surface area (Å²) in [7, 11) is 0. The Balaban J connectivity index is 2.15. The van der Waals surface area contributed by atoms with Gasteiger partial charge in [0, 0.05) is 6.07 Å². The van der Waals surface area contributed by atoms with Crippen LogP contribution in [0.15, 0.2) is 53.1 Å². The van der Waals surface area contributed by atoms with Crippen LogP contribution in [0.5, 0.6) is 5.95 Å². The first-order chi connectivity index (χ1) is 8.31. The Kier molecular flexibility index (Phi) is 3.27. The summed E-state index contributed by atoms with van der Waals surface area (Å²) in [6.07, 6.45) is 6.78. The highest BCUT2D eigenvalue weighted by Crippen LogP contribution is 2.19. The number of carbonyl (C=O) groups is 1. The minimum absolute atomic E-state index is 0.145. The maximum Gasteiger partial charge on any atom is 0.333 e. The number of hydrogen-bond donors (Lipinski definition) is 0. The van der Waals surface area contributed by atoms with Crippen molar-refractivity contribution in [1.29, 1.82) is 0 Å². The van der Waals surface area contributed by atoms with Crippen LogP contribution in [0.2, 0.25) is 0 Å². The van der Waals surface area contributed by atoms with Crippen molar-refractivity contribution in [3.63, 3.8) is 0 Å². The molecule has 84 valence electrons. The van der Waals surface area contributed by atoms with E-state index in [0.29, 0.717) is 0 Å². The molecule has 0 amide bonds. The molecule has 0 aliphatic rings. The molecule has 17 heavy (non-hydrogen) atoms. The van der Waals surface area contributed by atoms with Crippen LogP contribution in [0, 0.1) is 12.3 Å². The van der Waals surface area contributed by atoms with Gasteiger partial charge in [-0.15, -0.1) is 6.42 Å². The van der Waals surface area contributed by atoms with Gasteiger partial charge in [-0.2, -0.15) is 0 Å². The van der Waals surface area contributed by atoms with E-state index in [4.69, 9.17) is 15.6 Å². The fourth-order valence-electron chi connectivity index (χ4n) is 1.43. The average Bonchev–Trinajstić information content (AvgIpc) is 2.84. The number of hydrogen-bond acceptors (Lipinski definition) is 3. The number of carbonyl (C=O) groups excluding carboxylic acids is 1. The van der Waals surface area contributed by atoms with Crippen LogP contribution in [0.3, 0.4) is 0 Å². The Bertz CT molecular complexity index is 520. The fraction of sp³-hybridized carbons (Fsp3) is 0.0714. The van der Waals surface area contributed by atoms with Crippen LogP contribution in [-0.4, -0.2) is 5.97 Å². The molecule has 1 atom stereocenters. The van der Waals surface area contributed by atoms with E-state index < -0.39 is 11.9 Å². The summed E-state index contributed by atoms with van der Waals surface area (Å²) in [5.74, 6) is 1.32. The second kappa shape index (κ2) is 5.04. The Morgan fingerprint density at radius 3 is 2.59 bits per heavy atom. The number of rotatable bonds is 3. The predicted molar refractivity (Wildman–Crippen MR) is 62.4 cm³/mol. The Labute approximate surface area is 99.0 Å². The molecule has 1 aromatic carbocycles. The zero-order valence-corrected chi connectivity index (χ0v) is 9.00. The van der Waals surface area contributed by atoms with Crippen molar-refractivity contribution in [3.05, 3.63) is 54.3 Å². The van der Waals surface area contributed by atoms with Gasteiger partial charge in [-0.05, 0) is 11.6 Å². The van der Waals surface area contributed by atoms with E-state index in [1.807, 2.05) is 18.2 Å². The van der Waals surface area contributed by atoms with Crippen molar-refractivity contribution in [2.45, 2.75) is 5.92 Å². The van der Waals surface area contributed by atoms with Gasteiger partial charge in [0.15, 0.2) is 0 Å². The third kappa shape index (κ3) is 2.56. The summed E-state index contributed by atoms with van der Waals surface area (Å²) in [5, 5.41) is 0. The number of furan rings is 1. The standard InChI is InChI=1S/C14H10O3/c1-2-12(11-7-4-3-5-8-11)14(15)17-13-9-6-10-16-13/h1,3-10,12H. The number of ether oxygens (including phenoxy) is 1. The molecular weight excluding hydrogens is 216 g/mol. The molecule has 0 N–H and O–H groups in total. The van der Waals surface area contributed by atoms with E-state index in [0.717, 1.165) is 5.56 Å². The van der Waals surface area contributed by atoms with Gasteiger partial charge in [0.05, 0.1) is 6.26 Å². The molecule has 1 heterocycles. The van der Waals surface area contributed by atoms with Crippen molar-refractivity contribution >= 4 is 5.97 Å². The summed E-state index contributed by atoms with van der Waals surface area (Å²) in [5.41, 5.74) is 0.728. The van der Waals surface area contributed by atoms with Crippen LogP contribution in [0.1, 0.15) is 11.5 Å². The minimum Gasteiger partial charge on any atom is -0.434 e. The second-order valence-electron chi connectivity index (χ2n) is 3.36. The maximum absolute atomic E-state index is 11.8. The molecule has 0 aliphatic heterocycles. The van der Waals surface area contributed by atoms with Crippen molar-refractivity contribution in [3.8, 4) is 18.3 Å². The summed E-state index contributed by atoms with van der Waals surface area (Å²) in [6, 6.07) is 12.3. The molecule has 0 radical (unpaired) electrons. The summed E-state index contributed by atoms with van der Waals surface area (Å²) in [6.45, 7) is 0. The van der Waals surface area contributed by atoms with Gasteiger partial charge in [-0.25, -0.2) is 4.79 Å². The zero-order valence-electron chi connectivity index (χ0n) is 9.00. The third-order valence-corrected chi connectivity index (χ3v) is 2.23. The second-order valence-corrected chi connectivity index (χ2v) is 3.36. The summed E-state index contributed by atoms with van der Waals surface area (Å²) in [4.78, 5) is 11.8. The van der Waals surface area contributed by atoms with E-state index >= 15 is 0 Å². The normalized spacial score (nSPS) is 11.5. The van der Waals surface area contributed by atoms with E-state index in [1.54, 1.807) is 24.3 Å². The fourth-order valence-corrected chi connectivity index (χ4v) is 1.43. The Morgan fingerprint density at radius 2 is 2.00 bits per heavy atom. The molecule has 3 heteroatoms. The lowest BCUT2D eigenvalue weighted by Gasteiger charge is -2.08. The van der Waals surface area contributed by atoms with Crippen LogP contribution in [0.25, 0.3) is 0 Å². The van der Waals surface area contributed by atoms with Crippen molar-refractivity contribution in [2.75, 3.05) is 0 Å². The number of esters is 1. The summed E-state index contributed by atoms with van der Waals surface area (Å²) >= 11 is 0. The van der Waals surface area contributed by atoms with Crippen molar-refractivity contribution < 1.29 is 13.9 Å². The highest BCUT2D eigenvalue weighted by Gasteiger charge is 2.20. The van der Waals surface area contributed by atoms with E-state index in [2.05, 4.69) is 5.92 Å². The first kappa shape index (κ1) is 11.0. The molecule has 2 aromatic rings. The zero-order chi connectivity index (χ0) is 12.1. The van der Waals surface area contributed by atoms with E-state index in [9.17, 15) is 4.79 Å². The molecule has 0 saturated heterocycles. The van der Waals surface area contributed by atoms with Crippen molar-refractivity contribution in [1.82, 2.24) is 0 Å². The molecule has 0 bridgehead atoms. The van der Waals surface area contributed by atoms with Gasteiger partial charge >= 0.3 is 5.97 Å². The molecule has 0 spiro atoms. The van der Waals surface area contributed by atoms with Gasteiger partial charge in [0.25, 0.3) is 5.95 Å². The molecule has 0 saturated carbocycles. The molecule has 0 fully saturated rings. The summed E-state index contributed by atoms with van der Waals surface area (Å²) < 4.78 is 9.94. The average molecular weight is 226 g/mol. The molecule has 1 unspecified atom stereocenters. The van der Waals surface area contributed by atoms with E-state index in [1.165, 1.54) is 6.26 Å². The lowest BCUT2D eigenvalue weighted by molar-refractivity contribution is -0.135. The maximum atomic E-state index is 11.8. The Hall–Kier alpha value is -2.47. The monoisotopic (exact) mass is 226 g/mol. The molecule has 0 aliphatic carbocycles. The lowest BCUT2D eigenvalue weighted by Crippen LogP contribution is -2.17. The van der Waals surface area contributed by atoms with Gasteiger partial charge in [0.2, 0.25) is 0 Å². The molecule has 2 rings (SSSR count). The highest BCUT2D eigenvalue weighted by molar-refractivity contribution is 5.83. The molecule has 3 nitrogen and oxygen atoms in total. The number of terminal acetylenes is 1. The smallest absolute Gasteiger partial charge is 0.333 e. The minimum atomic E-state index is -0.721. The lowest BCUT2D eigenvalue weighted by atomic mass is 10.0. The largest absolute Gasteiger partial charge is 0.434 e. The predicted octanol–water partition coefficient (Wildman–Crippen LogP) is 2.60. The van der Waals surface area contributed by atoms with Gasteiger partial charge in [-0.3, -0.25) is 0 Å². The van der Waals surface area contributed by atoms with Crippen molar-refractivity contribution in [2.24, 2.45) is 0 Å². The van der Waals surface area contributed by atoms with Gasteiger partial charge < -0.3 is 9.15 Å². The Morgan fingerprint density at radius 1 is 1.24 bits per heavy atom. The molecular formula is C14H10O3. The third-order valence-electron chi connectivity index (χ3n) is 2.23. The SMILES string of the molecule is C#CC(C(=O)Oc1ccco1)c1ccccc1. The van der Waals surface area contributed by atoms with Crippen LogP contribution < -0.4 is 4.74 Å². The van der Waals surface area contributed by atoms with E-state index in [-0.39, 0.29) is 5.95 Å². The first-order valence-electron chi connectivity index (χ1n) is 5.07. The quantitative estimate of drug-likeness (QED) is 0.596. The highest BCUT2D eigenvalue weighted by atomic mass is 16.6. The number of benzene rings is 1.